The molecule has 0 unspecified atom stereocenters. The lowest BCUT2D eigenvalue weighted by molar-refractivity contribution is 0.0962. The summed E-state index contributed by atoms with van der Waals surface area (Å²) in [7, 11) is 1.61. The van der Waals surface area contributed by atoms with E-state index in [0.717, 1.165) is 16.9 Å². The van der Waals surface area contributed by atoms with Gasteiger partial charge in [0.05, 0.1) is 18.4 Å². The van der Waals surface area contributed by atoms with E-state index in [1.807, 2.05) is 19.1 Å². The van der Waals surface area contributed by atoms with E-state index in [1.165, 1.54) is 6.20 Å². The first-order valence-corrected chi connectivity index (χ1v) is 6.31. The summed E-state index contributed by atoms with van der Waals surface area (Å²) in [5, 5.41) is 15.0. The van der Waals surface area contributed by atoms with Crippen molar-refractivity contribution in [1.29, 1.82) is 0 Å². The second kappa shape index (κ2) is 6.06. The van der Waals surface area contributed by atoms with Crippen molar-refractivity contribution >= 4 is 11.6 Å². The van der Waals surface area contributed by atoms with Gasteiger partial charge in [0.2, 0.25) is 0 Å². The van der Waals surface area contributed by atoms with Crippen molar-refractivity contribution in [2.24, 2.45) is 0 Å². The normalized spacial score (nSPS) is 10.1. The monoisotopic (exact) mass is 271 g/mol. The van der Waals surface area contributed by atoms with E-state index in [4.69, 9.17) is 0 Å². The number of aromatic hydroxyl groups is 1. The summed E-state index contributed by atoms with van der Waals surface area (Å²) in [6.45, 7) is 2.43. The summed E-state index contributed by atoms with van der Waals surface area (Å²) in [6, 6.07) is 8.89. The third-order valence-corrected chi connectivity index (χ3v) is 3.07. The molecule has 1 heterocycles. The van der Waals surface area contributed by atoms with Gasteiger partial charge in [-0.1, -0.05) is 6.07 Å². The maximum Gasteiger partial charge on any atom is 0.251 e. The highest BCUT2D eigenvalue weighted by atomic mass is 16.3. The molecule has 5 heteroatoms. The number of nitrogens with one attached hydrogen (secondary N) is 2. The second-order valence-corrected chi connectivity index (χ2v) is 4.42. The molecule has 20 heavy (non-hydrogen) atoms. The molecule has 2 aromatic rings. The van der Waals surface area contributed by atoms with Gasteiger partial charge >= 0.3 is 0 Å². The lowest BCUT2D eigenvalue weighted by atomic mass is 10.1. The molecule has 5 nitrogen and oxygen atoms in total. The van der Waals surface area contributed by atoms with Crippen LogP contribution in [0.1, 0.15) is 21.6 Å². The van der Waals surface area contributed by atoms with E-state index in [9.17, 15) is 9.90 Å². The number of pyridine rings is 1. The van der Waals surface area contributed by atoms with Gasteiger partial charge in [0.15, 0.2) is 0 Å². The lowest BCUT2D eigenvalue weighted by Crippen LogP contribution is -2.19. The number of nitrogens with zero attached hydrogens (tertiary/aromatic N) is 1. The molecule has 0 fully saturated rings. The van der Waals surface area contributed by atoms with E-state index in [2.05, 4.69) is 15.6 Å². The predicted octanol–water partition coefficient (Wildman–Crippen LogP) is 2.07. The quantitative estimate of drug-likeness (QED) is 0.796. The number of hydrogen-bond donors (Lipinski definition) is 3. The Hall–Kier alpha value is -2.56. The fraction of sp³-hybridized carbons (Fsp3) is 0.200. The largest absolute Gasteiger partial charge is 0.506 e. The second-order valence-electron chi connectivity index (χ2n) is 4.42. The molecular weight excluding hydrogens is 254 g/mol. The van der Waals surface area contributed by atoms with Gasteiger partial charge in [-0.15, -0.1) is 0 Å². The highest BCUT2D eigenvalue weighted by Gasteiger charge is 2.09. The van der Waals surface area contributed by atoms with Crippen molar-refractivity contribution in [2.45, 2.75) is 13.5 Å². The van der Waals surface area contributed by atoms with Crippen LogP contribution in [0.2, 0.25) is 0 Å². The minimum absolute atomic E-state index is 0.103. The number of anilines is 1. The molecule has 1 aromatic carbocycles. The first kappa shape index (κ1) is 13.9. The van der Waals surface area contributed by atoms with Crippen LogP contribution < -0.4 is 10.6 Å². The number of aromatic nitrogens is 1. The molecule has 0 aliphatic heterocycles. The zero-order chi connectivity index (χ0) is 14.5. The molecule has 1 aromatic heterocycles. The van der Waals surface area contributed by atoms with Crippen LogP contribution in [0.3, 0.4) is 0 Å². The molecule has 0 aliphatic carbocycles. The van der Waals surface area contributed by atoms with Crippen molar-refractivity contribution < 1.29 is 9.90 Å². The predicted molar refractivity (Wildman–Crippen MR) is 77.8 cm³/mol. The van der Waals surface area contributed by atoms with Crippen LogP contribution in [-0.2, 0) is 6.54 Å². The molecule has 1 amide bonds. The zero-order valence-electron chi connectivity index (χ0n) is 11.5. The Morgan fingerprint density at radius 2 is 2.10 bits per heavy atom. The van der Waals surface area contributed by atoms with E-state index in [-0.39, 0.29) is 11.7 Å². The average Bonchev–Trinajstić information content (AvgIpc) is 2.47. The van der Waals surface area contributed by atoms with Gasteiger partial charge in [-0.2, -0.15) is 0 Å². The molecule has 0 atom stereocenters. The van der Waals surface area contributed by atoms with Gasteiger partial charge in [0.25, 0.3) is 5.91 Å². The van der Waals surface area contributed by atoms with Crippen molar-refractivity contribution in [3.8, 4) is 5.75 Å². The Morgan fingerprint density at radius 3 is 2.75 bits per heavy atom. The molecule has 0 aliphatic rings. The van der Waals surface area contributed by atoms with Crippen LogP contribution in [0.15, 0.2) is 36.5 Å². The third kappa shape index (κ3) is 3.06. The van der Waals surface area contributed by atoms with Crippen LogP contribution >= 0.6 is 0 Å². The average molecular weight is 271 g/mol. The summed E-state index contributed by atoms with van der Waals surface area (Å²) < 4.78 is 0. The molecule has 0 bridgehead atoms. The van der Waals surface area contributed by atoms with Crippen molar-refractivity contribution in [1.82, 2.24) is 10.3 Å². The van der Waals surface area contributed by atoms with Gasteiger partial charge in [0, 0.05) is 18.3 Å². The van der Waals surface area contributed by atoms with E-state index in [1.54, 1.807) is 25.2 Å². The number of hydrogen-bond acceptors (Lipinski definition) is 4. The van der Waals surface area contributed by atoms with Gasteiger partial charge in [-0.3, -0.25) is 9.78 Å². The number of rotatable bonds is 4. The van der Waals surface area contributed by atoms with E-state index in [0.29, 0.717) is 12.1 Å². The van der Waals surface area contributed by atoms with Crippen LogP contribution in [0.5, 0.6) is 5.75 Å². The van der Waals surface area contributed by atoms with Gasteiger partial charge in [0.1, 0.15) is 5.75 Å². The first-order chi connectivity index (χ1) is 9.61. The zero-order valence-corrected chi connectivity index (χ0v) is 11.5. The fourth-order valence-electron chi connectivity index (χ4n) is 1.91. The summed E-state index contributed by atoms with van der Waals surface area (Å²) in [5.74, 6) is 0.0421. The first-order valence-electron chi connectivity index (χ1n) is 6.31. The number of benzene rings is 1. The Bertz CT molecular complexity index is 609. The summed E-state index contributed by atoms with van der Waals surface area (Å²) in [6.07, 6.45) is 1.41. The lowest BCUT2D eigenvalue weighted by Gasteiger charge is -2.12. The summed E-state index contributed by atoms with van der Waals surface area (Å²) in [5.41, 5.74) is 3.25. The van der Waals surface area contributed by atoms with Gasteiger partial charge in [-0.05, 0) is 36.8 Å². The maximum absolute atomic E-state index is 11.7. The summed E-state index contributed by atoms with van der Waals surface area (Å²) in [4.78, 5) is 15.8. The van der Waals surface area contributed by atoms with E-state index < -0.39 is 0 Å². The number of carbonyl (C=O) groups is 1. The molecule has 0 radical (unpaired) electrons. The van der Waals surface area contributed by atoms with Crippen LogP contribution in [0, 0.1) is 6.92 Å². The third-order valence-electron chi connectivity index (χ3n) is 3.07. The van der Waals surface area contributed by atoms with Gasteiger partial charge < -0.3 is 15.7 Å². The SMILES string of the molecule is CNC(=O)c1cccc(NCc2ccc(O)cn2)c1C. The van der Waals surface area contributed by atoms with Crippen LogP contribution in [0.25, 0.3) is 0 Å². The van der Waals surface area contributed by atoms with E-state index >= 15 is 0 Å². The molecule has 104 valence electrons. The van der Waals surface area contributed by atoms with Crippen molar-refractivity contribution in [2.75, 3.05) is 12.4 Å². The highest BCUT2D eigenvalue weighted by Crippen LogP contribution is 2.19. The minimum Gasteiger partial charge on any atom is -0.506 e. The Labute approximate surface area is 117 Å². The molecule has 0 spiro atoms. The Kier molecular flexibility index (Phi) is 4.20. The minimum atomic E-state index is -0.103. The fourth-order valence-corrected chi connectivity index (χ4v) is 1.91. The van der Waals surface area contributed by atoms with Crippen LogP contribution in [-0.4, -0.2) is 23.0 Å². The molecule has 2 rings (SSSR count). The molecule has 0 saturated heterocycles. The standard InChI is InChI=1S/C15H17N3O2/c1-10-13(15(20)16-2)4-3-5-14(10)18-8-11-6-7-12(19)9-17-11/h3-7,9,18-19H,8H2,1-2H3,(H,16,20). The van der Waals surface area contributed by atoms with Crippen LogP contribution in [0.4, 0.5) is 5.69 Å². The number of carbonyl (C=O) groups excluding carboxylic acids is 1. The highest BCUT2D eigenvalue weighted by molar-refractivity contribution is 5.96. The Morgan fingerprint density at radius 1 is 1.30 bits per heavy atom. The number of amides is 1. The smallest absolute Gasteiger partial charge is 0.251 e. The maximum atomic E-state index is 11.7. The van der Waals surface area contributed by atoms with Crippen molar-refractivity contribution in [3.05, 3.63) is 53.3 Å². The Balaban J connectivity index is 2.13. The summed E-state index contributed by atoms with van der Waals surface area (Å²) >= 11 is 0. The molecular formula is C15H17N3O2. The van der Waals surface area contributed by atoms with Gasteiger partial charge in [-0.25, -0.2) is 0 Å². The molecule has 0 saturated carbocycles. The van der Waals surface area contributed by atoms with Crippen molar-refractivity contribution in [3.63, 3.8) is 0 Å². The molecule has 3 N–H and O–H groups in total. The topological polar surface area (TPSA) is 74.2 Å².